The molecule has 4 nitrogen and oxygen atoms in total. The third-order valence-electron chi connectivity index (χ3n) is 5.92. The Hall–Kier alpha value is -3.10. The first kappa shape index (κ1) is 25.5. The summed E-state index contributed by atoms with van der Waals surface area (Å²) in [5.41, 5.74) is 5.12. The van der Waals surface area contributed by atoms with Gasteiger partial charge in [-0.2, -0.15) is 0 Å². The van der Waals surface area contributed by atoms with Crippen LogP contribution in [0.2, 0.25) is 0 Å². The Bertz CT molecular complexity index is 1180. The SMILES string of the molecule is C=CC(=O)Oc1ccc(C(C)(C)c2ccc(OP(CC)Oc3ccccc3C)c(C)c2)cc1C. The maximum Gasteiger partial charge on any atom is 0.335 e. The number of para-hydroxylation sites is 1. The lowest BCUT2D eigenvalue weighted by molar-refractivity contribution is -0.129. The van der Waals surface area contributed by atoms with Gasteiger partial charge >= 0.3 is 5.97 Å². The molecular formula is C29H33O4P. The molecule has 34 heavy (non-hydrogen) atoms. The molecule has 5 heteroatoms. The molecule has 0 aliphatic rings. The second-order valence-corrected chi connectivity index (χ2v) is 10.5. The normalized spacial score (nSPS) is 12.1. The quantitative estimate of drug-likeness (QED) is 0.137. The fraction of sp³-hybridized carbons (Fsp3) is 0.276. The van der Waals surface area contributed by atoms with E-state index in [1.165, 1.54) is 11.6 Å². The van der Waals surface area contributed by atoms with Crippen LogP contribution in [0.5, 0.6) is 17.2 Å². The van der Waals surface area contributed by atoms with Gasteiger partial charge in [0.2, 0.25) is 0 Å². The summed E-state index contributed by atoms with van der Waals surface area (Å²) < 4.78 is 17.8. The smallest absolute Gasteiger partial charge is 0.335 e. The molecule has 0 saturated carbocycles. The monoisotopic (exact) mass is 476 g/mol. The number of hydrogen-bond acceptors (Lipinski definition) is 4. The highest BCUT2D eigenvalue weighted by Crippen LogP contribution is 2.43. The fourth-order valence-electron chi connectivity index (χ4n) is 3.64. The first-order chi connectivity index (χ1) is 16.1. The summed E-state index contributed by atoms with van der Waals surface area (Å²) in [6.07, 6.45) is 1.96. The minimum absolute atomic E-state index is 0.248. The molecular weight excluding hydrogens is 443 g/mol. The summed E-state index contributed by atoms with van der Waals surface area (Å²) in [4.78, 5) is 11.6. The molecule has 0 aromatic heterocycles. The van der Waals surface area contributed by atoms with Crippen LogP contribution in [0.3, 0.4) is 0 Å². The van der Waals surface area contributed by atoms with E-state index in [1.807, 2.05) is 56.3 Å². The second-order valence-electron chi connectivity index (χ2n) is 8.81. The first-order valence-corrected chi connectivity index (χ1v) is 12.8. The molecule has 0 spiro atoms. The van der Waals surface area contributed by atoms with Crippen LogP contribution in [0.1, 0.15) is 48.6 Å². The van der Waals surface area contributed by atoms with E-state index in [4.69, 9.17) is 13.8 Å². The number of carbonyl (C=O) groups excluding carboxylic acids is 1. The van der Waals surface area contributed by atoms with Crippen molar-refractivity contribution >= 4 is 14.3 Å². The Morgan fingerprint density at radius 1 is 0.853 bits per heavy atom. The van der Waals surface area contributed by atoms with Gasteiger partial charge in [-0.1, -0.05) is 69.8 Å². The molecule has 1 atom stereocenters. The van der Waals surface area contributed by atoms with Crippen LogP contribution in [0.25, 0.3) is 0 Å². The van der Waals surface area contributed by atoms with Crippen LogP contribution >= 0.6 is 8.38 Å². The number of esters is 1. The Morgan fingerprint density at radius 3 is 1.88 bits per heavy atom. The van der Waals surface area contributed by atoms with Crippen LogP contribution in [-0.2, 0) is 10.2 Å². The van der Waals surface area contributed by atoms with Gasteiger partial charge in [-0.05, 0) is 66.8 Å². The minimum Gasteiger partial charge on any atom is -0.438 e. The van der Waals surface area contributed by atoms with E-state index in [2.05, 4.69) is 52.5 Å². The van der Waals surface area contributed by atoms with E-state index in [9.17, 15) is 4.79 Å². The van der Waals surface area contributed by atoms with Gasteiger partial charge in [-0.15, -0.1) is 0 Å². The van der Waals surface area contributed by atoms with Crippen molar-refractivity contribution in [3.05, 3.63) is 101 Å². The minimum atomic E-state index is -1.09. The third kappa shape index (κ3) is 5.87. The number of hydrogen-bond donors (Lipinski definition) is 0. The average molecular weight is 477 g/mol. The van der Waals surface area contributed by atoms with Crippen LogP contribution < -0.4 is 13.8 Å². The van der Waals surface area contributed by atoms with E-state index in [0.717, 1.165) is 39.9 Å². The van der Waals surface area contributed by atoms with Crippen molar-refractivity contribution in [2.45, 2.75) is 47.0 Å². The van der Waals surface area contributed by atoms with Crippen molar-refractivity contribution < 1.29 is 18.6 Å². The lowest BCUT2D eigenvalue weighted by Crippen LogP contribution is -2.19. The van der Waals surface area contributed by atoms with E-state index in [-0.39, 0.29) is 5.41 Å². The molecule has 1 unspecified atom stereocenters. The molecule has 0 bridgehead atoms. The van der Waals surface area contributed by atoms with Gasteiger partial charge < -0.3 is 13.8 Å². The van der Waals surface area contributed by atoms with Gasteiger partial charge in [0.1, 0.15) is 17.2 Å². The van der Waals surface area contributed by atoms with Gasteiger partial charge in [-0.3, -0.25) is 0 Å². The zero-order valence-electron chi connectivity index (χ0n) is 20.8. The van der Waals surface area contributed by atoms with Crippen molar-refractivity contribution in [2.24, 2.45) is 0 Å². The molecule has 0 radical (unpaired) electrons. The van der Waals surface area contributed by atoms with Gasteiger partial charge in [-0.25, -0.2) is 4.79 Å². The summed E-state index contributed by atoms with van der Waals surface area (Å²) in [6.45, 7) is 16.0. The van der Waals surface area contributed by atoms with Crippen LogP contribution in [0, 0.1) is 20.8 Å². The van der Waals surface area contributed by atoms with Crippen molar-refractivity contribution in [2.75, 3.05) is 6.16 Å². The first-order valence-electron chi connectivity index (χ1n) is 11.4. The Labute approximate surface area is 204 Å². The summed E-state index contributed by atoms with van der Waals surface area (Å²) in [6, 6.07) is 20.2. The maximum absolute atomic E-state index is 11.6. The van der Waals surface area contributed by atoms with Gasteiger partial charge in [0.15, 0.2) is 0 Å². The van der Waals surface area contributed by atoms with Gasteiger partial charge in [0, 0.05) is 17.7 Å². The van der Waals surface area contributed by atoms with E-state index in [0.29, 0.717) is 5.75 Å². The summed E-state index contributed by atoms with van der Waals surface area (Å²) in [5.74, 6) is 1.79. The van der Waals surface area contributed by atoms with E-state index >= 15 is 0 Å². The van der Waals surface area contributed by atoms with Crippen molar-refractivity contribution in [1.29, 1.82) is 0 Å². The summed E-state index contributed by atoms with van der Waals surface area (Å²) in [5, 5.41) is 0. The van der Waals surface area contributed by atoms with Crippen LogP contribution in [-0.4, -0.2) is 12.1 Å². The zero-order chi connectivity index (χ0) is 24.9. The Morgan fingerprint density at radius 2 is 1.38 bits per heavy atom. The van der Waals surface area contributed by atoms with Crippen LogP contribution in [0.15, 0.2) is 73.3 Å². The molecule has 0 aliphatic heterocycles. The number of carbonyl (C=O) groups is 1. The largest absolute Gasteiger partial charge is 0.438 e. The Kier molecular flexibility index (Phi) is 8.17. The number of aryl methyl sites for hydroxylation is 3. The lowest BCUT2D eigenvalue weighted by atomic mass is 9.77. The fourth-order valence-corrected chi connectivity index (χ4v) is 4.78. The molecule has 0 heterocycles. The number of benzene rings is 3. The molecule has 0 saturated heterocycles. The third-order valence-corrected chi connectivity index (χ3v) is 7.24. The second kappa shape index (κ2) is 10.9. The van der Waals surface area contributed by atoms with Crippen molar-refractivity contribution in [1.82, 2.24) is 0 Å². The molecule has 3 aromatic rings. The summed E-state index contributed by atoms with van der Waals surface area (Å²) in [7, 11) is -1.09. The van der Waals surface area contributed by atoms with Crippen LogP contribution in [0.4, 0.5) is 0 Å². The molecule has 0 aliphatic carbocycles. The zero-order valence-corrected chi connectivity index (χ0v) is 21.7. The van der Waals surface area contributed by atoms with Gasteiger partial charge in [0.05, 0.1) is 0 Å². The maximum atomic E-state index is 11.6. The Balaban J connectivity index is 1.80. The predicted molar refractivity (Wildman–Crippen MR) is 140 cm³/mol. The topological polar surface area (TPSA) is 44.8 Å². The molecule has 0 N–H and O–H groups in total. The van der Waals surface area contributed by atoms with Crippen molar-refractivity contribution in [3.63, 3.8) is 0 Å². The molecule has 0 amide bonds. The standard InChI is InChI=1S/C29H33O4P/c1-8-28(30)31-25-16-14-23(18-21(25)4)29(6,7)24-15-17-27(22(5)19-24)33-34(9-2)32-26-13-11-10-12-20(26)3/h8,10-19H,1,9H2,2-7H3. The van der Waals surface area contributed by atoms with Crippen molar-refractivity contribution in [3.8, 4) is 17.2 Å². The highest BCUT2D eigenvalue weighted by molar-refractivity contribution is 7.48. The predicted octanol–water partition coefficient (Wildman–Crippen LogP) is 7.82. The van der Waals surface area contributed by atoms with E-state index < -0.39 is 14.3 Å². The highest BCUT2D eigenvalue weighted by atomic mass is 31.2. The van der Waals surface area contributed by atoms with Gasteiger partial charge in [0.25, 0.3) is 8.38 Å². The summed E-state index contributed by atoms with van der Waals surface area (Å²) >= 11 is 0. The average Bonchev–Trinajstić information content (AvgIpc) is 2.82. The number of ether oxygens (including phenoxy) is 1. The van der Waals surface area contributed by atoms with E-state index in [1.54, 1.807) is 0 Å². The molecule has 3 aromatic carbocycles. The lowest BCUT2D eigenvalue weighted by Gasteiger charge is -2.28. The molecule has 178 valence electrons. The molecule has 3 rings (SSSR count). The highest BCUT2D eigenvalue weighted by Gasteiger charge is 2.25. The molecule has 0 fully saturated rings. The number of rotatable bonds is 9.